The van der Waals surface area contributed by atoms with Crippen LogP contribution in [0.1, 0.15) is 6.92 Å². The van der Waals surface area contributed by atoms with Gasteiger partial charge in [-0.05, 0) is 19.5 Å². The second-order valence-corrected chi connectivity index (χ2v) is 3.18. The number of rotatable bonds is 0. The van der Waals surface area contributed by atoms with Gasteiger partial charge in [0.1, 0.15) is 7.85 Å². The molecule has 1 aliphatic rings. The molecule has 1 fully saturated rings. The van der Waals surface area contributed by atoms with Crippen molar-refractivity contribution < 1.29 is 0 Å². The van der Waals surface area contributed by atoms with Crippen LogP contribution >= 0.6 is 0 Å². The maximum absolute atomic E-state index is 2.40. The fourth-order valence-electron chi connectivity index (χ4n) is 1.42. The Balaban J connectivity index is 2.39. The highest BCUT2D eigenvalue weighted by atomic mass is 15.1. The molecule has 0 aromatic heterocycles. The van der Waals surface area contributed by atoms with E-state index in [2.05, 4.69) is 26.7 Å². The van der Waals surface area contributed by atoms with Crippen LogP contribution < -0.4 is 0 Å². The Hall–Kier alpha value is 0.0249. The lowest BCUT2D eigenvalue weighted by Crippen LogP contribution is -2.12. The van der Waals surface area contributed by atoms with Crippen molar-refractivity contribution in [2.24, 2.45) is 5.92 Å². The van der Waals surface area contributed by atoms with Gasteiger partial charge in [-0.3, -0.25) is 0 Å². The van der Waals surface area contributed by atoms with Crippen molar-refractivity contribution in [1.29, 1.82) is 0 Å². The van der Waals surface area contributed by atoms with Gasteiger partial charge >= 0.3 is 0 Å². The molecule has 0 spiro atoms. The third kappa shape index (κ3) is 1.05. The summed E-state index contributed by atoms with van der Waals surface area (Å²) in [5, 5.41) is 0. The zero-order valence-electron chi connectivity index (χ0n) is 6.02. The minimum Gasteiger partial charge on any atom is -0.307 e. The fourth-order valence-corrected chi connectivity index (χ4v) is 1.42. The van der Waals surface area contributed by atoms with Crippen LogP contribution in [0, 0.1) is 5.92 Å². The zero-order chi connectivity index (χ0) is 6.15. The Labute approximate surface area is 52.5 Å². The average Bonchev–Trinajstić information content (AvgIpc) is 1.85. The summed E-state index contributed by atoms with van der Waals surface area (Å²) in [6.45, 7) is 4.91. The Kier molecular flexibility index (Phi) is 1.61. The van der Waals surface area contributed by atoms with Crippen LogP contribution in [0.3, 0.4) is 0 Å². The van der Waals surface area contributed by atoms with Crippen molar-refractivity contribution in [3.63, 3.8) is 0 Å². The third-order valence-electron chi connectivity index (χ3n) is 2.17. The number of likely N-dealkylation sites (tertiary alicyclic amines) is 1. The lowest BCUT2D eigenvalue weighted by Gasteiger charge is -2.03. The van der Waals surface area contributed by atoms with Gasteiger partial charge in [0.25, 0.3) is 0 Å². The maximum atomic E-state index is 2.40. The maximum Gasteiger partial charge on any atom is 0.107 e. The second kappa shape index (κ2) is 2.10. The predicted octanol–water partition coefficient (Wildman–Crippen LogP) is -0.0105. The van der Waals surface area contributed by atoms with Gasteiger partial charge in [0, 0.05) is 6.54 Å². The molecule has 1 aliphatic heterocycles. The van der Waals surface area contributed by atoms with E-state index in [9.17, 15) is 0 Å². The van der Waals surface area contributed by atoms with Crippen LogP contribution in [0.15, 0.2) is 0 Å². The van der Waals surface area contributed by atoms with Crippen molar-refractivity contribution in [2.45, 2.75) is 12.7 Å². The molecule has 46 valence electrons. The monoisotopic (exact) mass is 111 g/mol. The molecule has 0 bridgehead atoms. The highest BCUT2D eigenvalue weighted by Gasteiger charge is 2.22. The van der Waals surface area contributed by atoms with Crippen molar-refractivity contribution in [3.8, 4) is 0 Å². The van der Waals surface area contributed by atoms with Crippen LogP contribution in [0.2, 0.25) is 5.82 Å². The summed E-state index contributed by atoms with van der Waals surface area (Å²) in [6.07, 6.45) is 0. The van der Waals surface area contributed by atoms with E-state index in [1.807, 2.05) is 0 Å². The highest BCUT2D eigenvalue weighted by Crippen LogP contribution is 2.22. The molecule has 0 amide bonds. The van der Waals surface area contributed by atoms with Gasteiger partial charge in [-0.25, -0.2) is 0 Å². The number of hydrogen-bond donors (Lipinski definition) is 0. The Morgan fingerprint density at radius 3 is 2.25 bits per heavy atom. The molecular formula is C6H14BN. The van der Waals surface area contributed by atoms with Crippen LogP contribution in [0.4, 0.5) is 0 Å². The first-order valence-electron chi connectivity index (χ1n) is 3.38. The Morgan fingerprint density at radius 1 is 1.50 bits per heavy atom. The van der Waals surface area contributed by atoms with E-state index in [-0.39, 0.29) is 0 Å². The van der Waals surface area contributed by atoms with Gasteiger partial charge in [0.05, 0.1) is 0 Å². The molecular weight excluding hydrogens is 96.9 g/mol. The van der Waals surface area contributed by atoms with Gasteiger partial charge < -0.3 is 4.90 Å². The molecule has 2 heteroatoms. The zero-order valence-corrected chi connectivity index (χ0v) is 6.02. The summed E-state index contributed by atoms with van der Waals surface area (Å²) >= 11 is 0. The molecule has 2 unspecified atom stereocenters. The first-order valence-corrected chi connectivity index (χ1v) is 3.38. The normalized spacial score (nSPS) is 40.8. The fraction of sp³-hybridized carbons (Fsp3) is 1.00. The third-order valence-corrected chi connectivity index (χ3v) is 2.17. The van der Waals surface area contributed by atoms with Crippen LogP contribution in [-0.4, -0.2) is 32.9 Å². The molecule has 0 aliphatic carbocycles. The summed E-state index contributed by atoms with van der Waals surface area (Å²) in [6, 6.07) is 0. The van der Waals surface area contributed by atoms with Gasteiger partial charge in [-0.15, -0.1) is 0 Å². The summed E-state index contributed by atoms with van der Waals surface area (Å²) in [5.74, 6) is 1.83. The van der Waals surface area contributed by atoms with Crippen molar-refractivity contribution in [2.75, 3.05) is 20.1 Å². The second-order valence-electron chi connectivity index (χ2n) is 3.18. The van der Waals surface area contributed by atoms with E-state index in [0.717, 1.165) is 11.7 Å². The molecule has 0 aromatic rings. The van der Waals surface area contributed by atoms with E-state index in [4.69, 9.17) is 0 Å². The van der Waals surface area contributed by atoms with Crippen LogP contribution in [-0.2, 0) is 0 Å². The molecule has 1 saturated heterocycles. The standard InChI is InChI=1S/C6H14BN/c1-5-3-8(2)4-6(5)7/h5-6H,3-4,7H2,1-2H3. The van der Waals surface area contributed by atoms with Crippen molar-refractivity contribution >= 4 is 7.85 Å². The molecule has 1 nitrogen and oxygen atoms in total. The first kappa shape index (κ1) is 6.15. The first-order chi connectivity index (χ1) is 3.70. The van der Waals surface area contributed by atoms with Gasteiger partial charge in [-0.2, -0.15) is 0 Å². The van der Waals surface area contributed by atoms with Crippen LogP contribution in [0.25, 0.3) is 0 Å². The van der Waals surface area contributed by atoms with E-state index < -0.39 is 0 Å². The van der Waals surface area contributed by atoms with E-state index in [1.165, 1.54) is 13.1 Å². The molecule has 0 radical (unpaired) electrons. The summed E-state index contributed by atoms with van der Waals surface area (Å²) in [7, 11) is 4.52. The molecule has 0 saturated carbocycles. The molecule has 0 N–H and O–H groups in total. The number of hydrogen-bond acceptors (Lipinski definition) is 1. The topological polar surface area (TPSA) is 3.24 Å². The average molecular weight is 111 g/mol. The van der Waals surface area contributed by atoms with Gasteiger partial charge in [-0.1, -0.05) is 12.7 Å². The largest absolute Gasteiger partial charge is 0.307 e. The lowest BCUT2D eigenvalue weighted by atomic mass is 9.80. The predicted molar refractivity (Wildman–Crippen MR) is 39.0 cm³/mol. The summed E-state index contributed by atoms with van der Waals surface area (Å²) in [4.78, 5) is 2.40. The van der Waals surface area contributed by atoms with Crippen molar-refractivity contribution in [1.82, 2.24) is 4.90 Å². The van der Waals surface area contributed by atoms with Crippen molar-refractivity contribution in [3.05, 3.63) is 0 Å². The number of nitrogens with zero attached hydrogens (tertiary/aromatic N) is 1. The highest BCUT2D eigenvalue weighted by molar-refractivity contribution is 6.12. The van der Waals surface area contributed by atoms with E-state index in [0.29, 0.717) is 0 Å². The Bertz CT molecular complexity index is 74.6. The molecule has 1 heterocycles. The minimum absolute atomic E-state index is 0.917. The summed E-state index contributed by atoms with van der Waals surface area (Å²) < 4.78 is 0. The van der Waals surface area contributed by atoms with E-state index >= 15 is 0 Å². The lowest BCUT2D eigenvalue weighted by molar-refractivity contribution is 0.402. The van der Waals surface area contributed by atoms with Gasteiger partial charge in [0.15, 0.2) is 0 Å². The smallest absolute Gasteiger partial charge is 0.107 e. The van der Waals surface area contributed by atoms with Crippen LogP contribution in [0.5, 0.6) is 0 Å². The summed E-state index contributed by atoms with van der Waals surface area (Å²) in [5.41, 5.74) is 0. The van der Waals surface area contributed by atoms with Gasteiger partial charge in [0.2, 0.25) is 0 Å². The SMILES string of the molecule is BC1CN(C)CC1C. The minimum atomic E-state index is 0.917. The quantitative estimate of drug-likeness (QED) is 0.397. The molecule has 2 atom stereocenters. The molecule has 0 aromatic carbocycles. The Morgan fingerprint density at radius 2 is 2.12 bits per heavy atom. The van der Waals surface area contributed by atoms with E-state index in [1.54, 1.807) is 0 Å². The molecule has 1 rings (SSSR count). The molecule has 8 heavy (non-hydrogen) atoms.